The highest BCUT2D eigenvalue weighted by atomic mass is 19.1. The number of nitrogens with zero attached hydrogens (tertiary/aromatic N) is 3. The number of likely N-dealkylation sites (tertiary alicyclic amines) is 1. The Balaban J connectivity index is 1.37. The molecule has 0 bridgehead atoms. The predicted octanol–water partition coefficient (Wildman–Crippen LogP) is 3.12. The maximum Gasteiger partial charge on any atom is 0.164 e. The van der Waals surface area contributed by atoms with Gasteiger partial charge in [-0.05, 0) is 55.8 Å². The topological polar surface area (TPSA) is 39.6 Å². The molecule has 2 aliphatic rings. The number of rotatable bonds is 4. The summed E-state index contributed by atoms with van der Waals surface area (Å²) in [6.45, 7) is 4.49. The number of piperidine rings is 2. The molecule has 3 heterocycles. The van der Waals surface area contributed by atoms with Crippen molar-refractivity contribution in [1.82, 2.24) is 9.88 Å². The zero-order valence-corrected chi connectivity index (χ0v) is 15.7. The van der Waals surface area contributed by atoms with E-state index in [1.807, 2.05) is 4.90 Å². The molecule has 2 aromatic rings. The van der Waals surface area contributed by atoms with Crippen LogP contribution in [0.5, 0.6) is 0 Å². The van der Waals surface area contributed by atoms with Gasteiger partial charge in [0, 0.05) is 25.8 Å². The van der Waals surface area contributed by atoms with Crippen LogP contribution in [0.15, 0.2) is 48.8 Å². The fourth-order valence-corrected chi connectivity index (χ4v) is 4.71. The molecule has 4 rings (SSSR count). The van der Waals surface area contributed by atoms with Gasteiger partial charge in [-0.25, -0.2) is 4.39 Å². The van der Waals surface area contributed by atoms with E-state index < -0.39 is 6.10 Å². The van der Waals surface area contributed by atoms with E-state index in [4.69, 9.17) is 0 Å². The minimum absolute atomic E-state index is 0.0800. The van der Waals surface area contributed by atoms with Crippen LogP contribution >= 0.6 is 0 Å². The molecule has 4 nitrogen and oxygen atoms in total. The van der Waals surface area contributed by atoms with E-state index in [0.29, 0.717) is 12.2 Å². The molecule has 1 atom stereocenters. The first kappa shape index (κ1) is 18.4. The number of hydrogen-bond acceptors (Lipinski definition) is 4. The average molecular weight is 369 g/mol. The zero-order chi connectivity index (χ0) is 18.7. The van der Waals surface area contributed by atoms with Crippen LogP contribution in [0.25, 0.3) is 0 Å². The molecular weight excluding hydrogens is 341 g/mol. The van der Waals surface area contributed by atoms with Gasteiger partial charge in [-0.3, -0.25) is 4.98 Å². The molecule has 5 heteroatoms. The minimum atomic E-state index is -0.401. The number of β-amino-alcohol motifs (C(OH)–C–C–N with tert-alkyl or cyclic N) is 1. The SMILES string of the molecule is OC1CN(c2ccncc2F)CC2(CCN(CCc3ccccc3)CC2)C1. The lowest BCUT2D eigenvalue weighted by Crippen LogP contribution is -2.54. The molecule has 2 saturated heterocycles. The molecule has 1 aromatic heterocycles. The molecule has 27 heavy (non-hydrogen) atoms. The van der Waals surface area contributed by atoms with Gasteiger partial charge in [-0.2, -0.15) is 0 Å². The maximum atomic E-state index is 14.2. The maximum absolute atomic E-state index is 14.2. The first-order valence-corrected chi connectivity index (χ1v) is 9.92. The Kier molecular flexibility index (Phi) is 5.41. The molecule has 144 valence electrons. The van der Waals surface area contributed by atoms with E-state index in [1.165, 1.54) is 11.8 Å². The fourth-order valence-electron chi connectivity index (χ4n) is 4.71. The molecule has 2 aliphatic heterocycles. The van der Waals surface area contributed by atoms with Gasteiger partial charge in [0.2, 0.25) is 0 Å². The number of aromatic nitrogens is 1. The molecule has 0 amide bonds. The first-order chi connectivity index (χ1) is 13.1. The smallest absolute Gasteiger partial charge is 0.164 e. The highest BCUT2D eigenvalue weighted by molar-refractivity contribution is 5.47. The Bertz CT molecular complexity index is 746. The summed E-state index contributed by atoms with van der Waals surface area (Å²) in [6.07, 6.45) is 6.49. The van der Waals surface area contributed by atoms with Crippen LogP contribution in [-0.4, -0.2) is 53.8 Å². The van der Waals surface area contributed by atoms with E-state index in [2.05, 4.69) is 40.2 Å². The van der Waals surface area contributed by atoms with Crippen molar-refractivity contribution in [3.63, 3.8) is 0 Å². The minimum Gasteiger partial charge on any atom is -0.391 e. The van der Waals surface area contributed by atoms with Crippen LogP contribution in [0.2, 0.25) is 0 Å². The van der Waals surface area contributed by atoms with Gasteiger partial charge in [-0.15, -0.1) is 0 Å². The van der Waals surface area contributed by atoms with Crippen molar-refractivity contribution >= 4 is 5.69 Å². The Morgan fingerprint density at radius 2 is 1.93 bits per heavy atom. The van der Waals surface area contributed by atoms with Gasteiger partial charge < -0.3 is 14.9 Å². The lowest BCUT2D eigenvalue weighted by Gasteiger charge is -2.49. The van der Waals surface area contributed by atoms with Crippen molar-refractivity contribution in [2.75, 3.05) is 37.6 Å². The second-order valence-electron chi connectivity index (χ2n) is 8.14. The van der Waals surface area contributed by atoms with Gasteiger partial charge in [-0.1, -0.05) is 30.3 Å². The van der Waals surface area contributed by atoms with Crippen LogP contribution < -0.4 is 4.90 Å². The summed E-state index contributed by atoms with van der Waals surface area (Å²) in [5, 5.41) is 10.5. The number of halogens is 1. The lowest BCUT2D eigenvalue weighted by atomic mass is 9.71. The third-order valence-electron chi connectivity index (χ3n) is 6.19. The number of hydrogen-bond donors (Lipinski definition) is 1. The second kappa shape index (κ2) is 7.95. The van der Waals surface area contributed by atoms with Crippen molar-refractivity contribution in [3.05, 3.63) is 60.2 Å². The van der Waals surface area contributed by atoms with Gasteiger partial charge in [0.15, 0.2) is 5.82 Å². The van der Waals surface area contributed by atoms with Crippen molar-refractivity contribution in [1.29, 1.82) is 0 Å². The summed E-state index contributed by atoms with van der Waals surface area (Å²) >= 11 is 0. The quantitative estimate of drug-likeness (QED) is 0.899. The fraction of sp³-hybridized carbons (Fsp3) is 0.500. The van der Waals surface area contributed by atoms with Crippen LogP contribution in [0.1, 0.15) is 24.8 Å². The average Bonchev–Trinajstić information content (AvgIpc) is 2.68. The van der Waals surface area contributed by atoms with Crippen LogP contribution in [-0.2, 0) is 6.42 Å². The highest BCUT2D eigenvalue weighted by Crippen LogP contribution is 2.41. The standard InChI is InChI=1S/C22H28FN3O/c23-20-15-24-10-6-21(20)26-16-19(27)14-22(17-26)8-12-25(13-9-22)11-7-18-4-2-1-3-5-18/h1-6,10,15,19,27H,7-9,11-14,16-17H2. The van der Waals surface area contributed by atoms with E-state index in [1.54, 1.807) is 12.3 Å². The van der Waals surface area contributed by atoms with Crippen molar-refractivity contribution in [2.45, 2.75) is 31.8 Å². The van der Waals surface area contributed by atoms with Crippen molar-refractivity contribution < 1.29 is 9.50 Å². The van der Waals surface area contributed by atoms with Crippen LogP contribution in [0.3, 0.4) is 0 Å². The van der Waals surface area contributed by atoms with E-state index >= 15 is 0 Å². The van der Waals surface area contributed by atoms with Gasteiger partial charge >= 0.3 is 0 Å². The van der Waals surface area contributed by atoms with Gasteiger partial charge in [0.1, 0.15) is 0 Å². The largest absolute Gasteiger partial charge is 0.391 e. The highest BCUT2D eigenvalue weighted by Gasteiger charge is 2.41. The second-order valence-corrected chi connectivity index (χ2v) is 8.14. The molecule has 0 radical (unpaired) electrons. The Hall–Kier alpha value is -1.98. The Morgan fingerprint density at radius 3 is 2.67 bits per heavy atom. The number of aliphatic hydroxyl groups excluding tert-OH is 1. The Morgan fingerprint density at radius 1 is 1.15 bits per heavy atom. The summed E-state index contributed by atoms with van der Waals surface area (Å²) in [4.78, 5) is 8.39. The molecule has 1 unspecified atom stereocenters. The monoisotopic (exact) mass is 369 g/mol. The number of pyridine rings is 1. The molecule has 1 N–H and O–H groups in total. The predicted molar refractivity (Wildman–Crippen MR) is 105 cm³/mol. The summed E-state index contributed by atoms with van der Waals surface area (Å²) < 4.78 is 14.2. The number of anilines is 1. The molecule has 2 fully saturated rings. The van der Waals surface area contributed by atoms with Crippen molar-refractivity contribution in [2.24, 2.45) is 5.41 Å². The molecule has 0 aliphatic carbocycles. The van der Waals surface area contributed by atoms with Gasteiger partial charge in [0.25, 0.3) is 0 Å². The summed E-state index contributed by atoms with van der Waals surface area (Å²) in [5.74, 6) is -0.304. The van der Waals surface area contributed by atoms with Crippen LogP contribution in [0, 0.1) is 11.2 Å². The number of aliphatic hydroxyl groups is 1. The first-order valence-electron chi connectivity index (χ1n) is 9.92. The normalized spacial score (nSPS) is 22.9. The molecule has 1 spiro atoms. The Labute approximate surface area is 160 Å². The van der Waals surface area contributed by atoms with Crippen molar-refractivity contribution in [3.8, 4) is 0 Å². The third kappa shape index (κ3) is 4.30. The van der Waals surface area contributed by atoms with E-state index in [9.17, 15) is 9.50 Å². The summed E-state index contributed by atoms with van der Waals surface area (Å²) in [5.41, 5.74) is 2.02. The lowest BCUT2D eigenvalue weighted by molar-refractivity contribution is 0.0268. The number of benzene rings is 1. The van der Waals surface area contributed by atoms with Crippen LogP contribution in [0.4, 0.5) is 10.1 Å². The molecule has 0 saturated carbocycles. The van der Waals surface area contributed by atoms with Gasteiger partial charge in [0.05, 0.1) is 18.0 Å². The third-order valence-corrected chi connectivity index (χ3v) is 6.19. The molecular formula is C22H28FN3O. The summed E-state index contributed by atoms with van der Waals surface area (Å²) in [6, 6.07) is 12.3. The molecule has 1 aromatic carbocycles. The van der Waals surface area contributed by atoms with E-state index in [0.717, 1.165) is 51.9 Å². The van der Waals surface area contributed by atoms with E-state index in [-0.39, 0.29) is 11.2 Å². The summed E-state index contributed by atoms with van der Waals surface area (Å²) in [7, 11) is 0. The zero-order valence-electron chi connectivity index (χ0n) is 15.7.